The highest BCUT2D eigenvalue weighted by Crippen LogP contribution is 2.38. The van der Waals surface area contributed by atoms with Crippen molar-refractivity contribution in [1.29, 1.82) is 0 Å². The highest BCUT2D eigenvalue weighted by molar-refractivity contribution is 6.32. The minimum Gasteiger partial charge on any atom is -0.490 e. The van der Waals surface area contributed by atoms with Crippen molar-refractivity contribution in [3.05, 3.63) is 58.4 Å². The van der Waals surface area contributed by atoms with E-state index >= 15 is 0 Å². The molecule has 3 aromatic rings. The number of alkyl halides is 3. The Morgan fingerprint density at radius 2 is 1.97 bits per heavy atom. The molecular formula is C23H20ClF3N4O5. The molecule has 13 heteroatoms. The van der Waals surface area contributed by atoms with E-state index in [9.17, 15) is 22.8 Å². The lowest BCUT2D eigenvalue weighted by molar-refractivity contribution is -0.153. The molecule has 1 N–H and O–H groups in total. The number of nitrogens with one attached hydrogen (secondary N) is 1. The summed E-state index contributed by atoms with van der Waals surface area (Å²) in [6, 6.07) is 9.47. The van der Waals surface area contributed by atoms with Gasteiger partial charge in [0, 0.05) is 12.0 Å². The third-order valence-corrected chi connectivity index (χ3v) is 5.31. The standard InChI is InChI=1S/C23H20ClF3N4O5/c1-2-34-17-8-14(7-16(24)20(17)35-12-23(25,26)27)9-18-29-21(36-30-18)15-5-3-4-13(6-15)11-31-19(32)10-28-22(31)33/h3-8H,2,9-12H2,1H3,(H,28,33). The van der Waals surface area contributed by atoms with Crippen LogP contribution in [0.4, 0.5) is 18.0 Å². The Balaban J connectivity index is 1.50. The van der Waals surface area contributed by atoms with Crippen molar-refractivity contribution < 1.29 is 36.8 Å². The van der Waals surface area contributed by atoms with Crippen molar-refractivity contribution in [2.45, 2.75) is 26.1 Å². The highest BCUT2D eigenvalue weighted by atomic mass is 35.5. The van der Waals surface area contributed by atoms with Crippen LogP contribution in [0.2, 0.25) is 5.02 Å². The van der Waals surface area contributed by atoms with Crippen LogP contribution in [0.5, 0.6) is 11.5 Å². The fourth-order valence-electron chi connectivity index (χ4n) is 3.51. The van der Waals surface area contributed by atoms with Gasteiger partial charge in [-0.1, -0.05) is 28.9 Å². The number of amides is 3. The van der Waals surface area contributed by atoms with E-state index in [2.05, 4.69) is 15.5 Å². The number of ether oxygens (including phenoxy) is 2. The lowest BCUT2D eigenvalue weighted by Gasteiger charge is -2.16. The van der Waals surface area contributed by atoms with Crippen molar-refractivity contribution in [2.75, 3.05) is 19.8 Å². The minimum atomic E-state index is -4.53. The van der Waals surface area contributed by atoms with E-state index in [1.54, 1.807) is 31.2 Å². The molecule has 0 spiro atoms. The SMILES string of the molecule is CCOc1cc(Cc2noc(-c3cccc(CN4C(=O)CNC4=O)c3)n2)cc(Cl)c1OCC(F)(F)F. The Morgan fingerprint density at radius 1 is 1.17 bits per heavy atom. The molecule has 1 aromatic heterocycles. The number of urea groups is 1. The van der Waals surface area contributed by atoms with Crippen LogP contribution in [-0.4, -0.2) is 52.9 Å². The number of halogens is 4. The number of benzene rings is 2. The maximum atomic E-state index is 12.6. The number of nitrogens with zero attached hydrogens (tertiary/aromatic N) is 3. The lowest BCUT2D eigenvalue weighted by Crippen LogP contribution is -2.30. The number of hydrogen-bond acceptors (Lipinski definition) is 7. The van der Waals surface area contributed by atoms with Crippen LogP contribution >= 0.6 is 11.6 Å². The second-order valence-electron chi connectivity index (χ2n) is 7.77. The molecule has 0 bridgehead atoms. The first-order chi connectivity index (χ1) is 17.1. The average molecular weight is 525 g/mol. The van der Waals surface area contributed by atoms with E-state index in [4.69, 9.17) is 25.6 Å². The van der Waals surface area contributed by atoms with Gasteiger partial charge in [-0.25, -0.2) is 4.79 Å². The highest BCUT2D eigenvalue weighted by Gasteiger charge is 2.30. The van der Waals surface area contributed by atoms with E-state index in [1.165, 1.54) is 12.1 Å². The monoisotopic (exact) mass is 524 g/mol. The van der Waals surface area contributed by atoms with E-state index in [-0.39, 0.29) is 54.4 Å². The first kappa shape index (κ1) is 25.3. The molecule has 1 aliphatic heterocycles. The summed E-state index contributed by atoms with van der Waals surface area (Å²) >= 11 is 6.18. The first-order valence-corrected chi connectivity index (χ1v) is 11.2. The van der Waals surface area contributed by atoms with Crippen molar-refractivity contribution in [3.8, 4) is 23.0 Å². The normalized spacial score (nSPS) is 13.8. The molecule has 1 saturated heterocycles. The van der Waals surface area contributed by atoms with Gasteiger partial charge in [-0.15, -0.1) is 0 Å². The molecule has 1 aliphatic rings. The molecule has 3 amide bonds. The van der Waals surface area contributed by atoms with Crippen LogP contribution in [0.25, 0.3) is 11.5 Å². The van der Waals surface area contributed by atoms with Crippen molar-refractivity contribution in [1.82, 2.24) is 20.4 Å². The number of rotatable bonds is 9. The van der Waals surface area contributed by atoms with E-state index < -0.39 is 18.8 Å². The zero-order valence-corrected chi connectivity index (χ0v) is 19.7. The molecule has 9 nitrogen and oxygen atoms in total. The van der Waals surface area contributed by atoms with Gasteiger partial charge in [-0.05, 0) is 42.3 Å². The van der Waals surface area contributed by atoms with Gasteiger partial charge in [0.05, 0.1) is 24.7 Å². The van der Waals surface area contributed by atoms with Crippen LogP contribution in [-0.2, 0) is 17.8 Å². The molecule has 0 unspecified atom stereocenters. The summed E-state index contributed by atoms with van der Waals surface area (Å²) in [6.45, 7) is 0.433. The number of carbonyl (C=O) groups is 2. The molecule has 36 heavy (non-hydrogen) atoms. The Hall–Kier alpha value is -3.80. The molecule has 190 valence electrons. The van der Waals surface area contributed by atoms with E-state index in [0.29, 0.717) is 22.5 Å². The number of imide groups is 1. The van der Waals surface area contributed by atoms with Gasteiger partial charge in [-0.2, -0.15) is 18.2 Å². The molecular weight excluding hydrogens is 505 g/mol. The topological polar surface area (TPSA) is 107 Å². The Kier molecular flexibility index (Phi) is 7.34. The van der Waals surface area contributed by atoms with Crippen LogP contribution in [0, 0.1) is 0 Å². The van der Waals surface area contributed by atoms with Gasteiger partial charge in [-0.3, -0.25) is 9.69 Å². The fourth-order valence-corrected chi connectivity index (χ4v) is 3.79. The summed E-state index contributed by atoms with van der Waals surface area (Å²) in [7, 11) is 0. The third-order valence-electron chi connectivity index (χ3n) is 5.03. The summed E-state index contributed by atoms with van der Waals surface area (Å²) in [4.78, 5) is 29.1. The molecule has 0 aliphatic carbocycles. The summed E-state index contributed by atoms with van der Waals surface area (Å²) in [5, 5.41) is 6.38. The number of aromatic nitrogens is 2. The third kappa shape index (κ3) is 6.06. The summed E-state index contributed by atoms with van der Waals surface area (Å²) in [6.07, 6.45) is -4.37. The summed E-state index contributed by atoms with van der Waals surface area (Å²) in [5.74, 6) is 0.0687. The maximum Gasteiger partial charge on any atom is 0.422 e. The number of carbonyl (C=O) groups excluding carboxylic acids is 2. The second-order valence-corrected chi connectivity index (χ2v) is 8.18. The Bertz CT molecular complexity index is 1260. The van der Waals surface area contributed by atoms with Crippen LogP contribution in [0.15, 0.2) is 40.9 Å². The molecule has 0 atom stereocenters. The van der Waals surface area contributed by atoms with Crippen molar-refractivity contribution in [2.24, 2.45) is 0 Å². The molecule has 0 radical (unpaired) electrons. The van der Waals surface area contributed by atoms with Crippen molar-refractivity contribution in [3.63, 3.8) is 0 Å². The Morgan fingerprint density at radius 3 is 2.67 bits per heavy atom. The van der Waals surface area contributed by atoms with Gasteiger partial charge in [0.15, 0.2) is 23.9 Å². The predicted molar refractivity (Wildman–Crippen MR) is 121 cm³/mol. The molecule has 4 rings (SSSR count). The van der Waals surface area contributed by atoms with Crippen LogP contribution in [0.1, 0.15) is 23.9 Å². The quantitative estimate of drug-likeness (QED) is 0.414. The van der Waals surface area contributed by atoms with Gasteiger partial charge in [0.1, 0.15) is 0 Å². The second kappa shape index (κ2) is 10.4. The molecule has 1 fully saturated rings. The number of hydrogen-bond donors (Lipinski definition) is 1. The Labute approximate surface area is 208 Å². The minimum absolute atomic E-state index is 0.0317. The van der Waals surface area contributed by atoms with Gasteiger partial charge in [0.25, 0.3) is 5.89 Å². The van der Waals surface area contributed by atoms with E-state index in [0.717, 1.165) is 4.90 Å². The zero-order valence-electron chi connectivity index (χ0n) is 18.9. The molecule has 2 aromatic carbocycles. The maximum absolute atomic E-state index is 12.6. The zero-order chi connectivity index (χ0) is 25.9. The van der Waals surface area contributed by atoms with Gasteiger partial charge >= 0.3 is 12.2 Å². The summed E-state index contributed by atoms with van der Waals surface area (Å²) < 4.78 is 53.4. The largest absolute Gasteiger partial charge is 0.490 e. The van der Waals surface area contributed by atoms with Crippen LogP contribution < -0.4 is 14.8 Å². The average Bonchev–Trinajstić information content (AvgIpc) is 3.40. The van der Waals surface area contributed by atoms with Crippen LogP contribution in [0.3, 0.4) is 0 Å². The molecule has 2 heterocycles. The predicted octanol–water partition coefficient (Wildman–Crippen LogP) is 4.37. The molecule has 0 saturated carbocycles. The fraction of sp³-hybridized carbons (Fsp3) is 0.304. The van der Waals surface area contributed by atoms with E-state index in [1.807, 2.05) is 0 Å². The van der Waals surface area contributed by atoms with Crippen molar-refractivity contribution >= 4 is 23.5 Å². The van der Waals surface area contributed by atoms with Gasteiger partial charge in [0.2, 0.25) is 5.91 Å². The smallest absolute Gasteiger partial charge is 0.422 e. The lowest BCUT2D eigenvalue weighted by atomic mass is 10.1. The first-order valence-electron chi connectivity index (χ1n) is 10.8. The summed E-state index contributed by atoms with van der Waals surface area (Å²) in [5.41, 5.74) is 1.85. The van der Waals surface area contributed by atoms with Gasteiger partial charge < -0.3 is 19.3 Å².